The smallest absolute Gasteiger partial charge is 0.126 e. The number of allylic oxidation sites excluding steroid dienone is 5. The average Bonchev–Trinajstić information content (AvgIpc) is 2.44. The Bertz CT molecular complexity index is 684. The second-order valence-corrected chi connectivity index (χ2v) is 6.75. The molecule has 0 unspecified atom stereocenters. The number of benzene rings is 1. The van der Waals surface area contributed by atoms with Crippen molar-refractivity contribution in [3.05, 3.63) is 63.5 Å². The minimum atomic E-state index is -0.244. The molecule has 110 valence electrons. The van der Waals surface area contributed by atoms with Crippen LogP contribution in [0.5, 0.6) is 0 Å². The van der Waals surface area contributed by atoms with E-state index in [9.17, 15) is 4.39 Å². The topological polar surface area (TPSA) is 0 Å². The van der Waals surface area contributed by atoms with Gasteiger partial charge in [0.05, 0.1) is 0 Å². The van der Waals surface area contributed by atoms with Crippen LogP contribution in [0, 0.1) is 0 Å². The Hall–Kier alpha value is -1.63. The third-order valence-corrected chi connectivity index (χ3v) is 5.00. The Labute approximate surface area is 127 Å². The summed E-state index contributed by atoms with van der Waals surface area (Å²) in [4.78, 5) is 0. The van der Waals surface area contributed by atoms with E-state index in [1.165, 1.54) is 22.3 Å². The maximum absolute atomic E-state index is 14.8. The van der Waals surface area contributed by atoms with E-state index >= 15 is 0 Å². The third-order valence-electron chi connectivity index (χ3n) is 5.00. The molecule has 0 aromatic heterocycles. The minimum absolute atomic E-state index is 0.0448. The van der Waals surface area contributed by atoms with Crippen molar-refractivity contribution in [1.29, 1.82) is 0 Å². The molecular formula is C20H23F. The molecule has 0 fully saturated rings. The fourth-order valence-electron chi connectivity index (χ4n) is 3.91. The second kappa shape index (κ2) is 4.98. The van der Waals surface area contributed by atoms with Gasteiger partial charge in [-0.15, -0.1) is 0 Å². The molecule has 0 saturated carbocycles. The van der Waals surface area contributed by atoms with E-state index < -0.39 is 0 Å². The minimum Gasteiger partial charge on any atom is -0.207 e. The fourth-order valence-corrected chi connectivity index (χ4v) is 3.91. The van der Waals surface area contributed by atoms with Crippen molar-refractivity contribution in [1.82, 2.24) is 0 Å². The molecule has 0 radical (unpaired) electrons. The van der Waals surface area contributed by atoms with Gasteiger partial charge in [0.1, 0.15) is 5.83 Å². The van der Waals surface area contributed by atoms with Gasteiger partial charge in [-0.2, -0.15) is 0 Å². The lowest BCUT2D eigenvalue weighted by atomic mass is 9.65. The van der Waals surface area contributed by atoms with E-state index in [1.54, 1.807) is 0 Å². The first kappa shape index (κ1) is 14.3. The Balaban J connectivity index is 2.23. The first-order valence-electron chi connectivity index (χ1n) is 7.80. The van der Waals surface area contributed by atoms with Gasteiger partial charge in [-0.25, -0.2) is 4.39 Å². The van der Waals surface area contributed by atoms with Crippen LogP contribution in [-0.2, 0) is 11.8 Å². The molecule has 0 spiro atoms. The van der Waals surface area contributed by atoms with Gasteiger partial charge in [0.2, 0.25) is 0 Å². The van der Waals surface area contributed by atoms with Crippen LogP contribution in [0.15, 0.2) is 46.8 Å². The summed E-state index contributed by atoms with van der Waals surface area (Å²) in [5.41, 5.74) is 6.86. The maximum Gasteiger partial charge on any atom is 0.126 e. The van der Waals surface area contributed by atoms with Gasteiger partial charge in [-0.3, -0.25) is 0 Å². The molecule has 0 bridgehead atoms. The standard InChI is InChI=1S/C20H23F/c1-5-7-14-8-6-9-17-16(14)12-15-11-10-13(2)19(21)18(15)20(17,3)4/h5-9H,10-12H2,1-4H3/b7-5-. The van der Waals surface area contributed by atoms with Gasteiger partial charge in [0, 0.05) is 5.41 Å². The zero-order valence-corrected chi connectivity index (χ0v) is 13.4. The molecule has 0 amide bonds. The van der Waals surface area contributed by atoms with Crippen LogP contribution in [0.25, 0.3) is 6.08 Å². The zero-order chi connectivity index (χ0) is 15.2. The van der Waals surface area contributed by atoms with Crippen LogP contribution in [0.1, 0.15) is 57.2 Å². The molecule has 2 aliphatic rings. The molecule has 0 nitrogen and oxygen atoms in total. The Kier molecular flexibility index (Phi) is 3.39. The van der Waals surface area contributed by atoms with Gasteiger partial charge in [-0.1, -0.05) is 49.8 Å². The van der Waals surface area contributed by atoms with Crippen molar-refractivity contribution in [3.8, 4) is 0 Å². The van der Waals surface area contributed by atoms with Gasteiger partial charge in [0.15, 0.2) is 0 Å². The highest BCUT2D eigenvalue weighted by Crippen LogP contribution is 2.49. The lowest BCUT2D eigenvalue weighted by molar-refractivity contribution is 0.508. The van der Waals surface area contributed by atoms with Crippen LogP contribution in [-0.4, -0.2) is 0 Å². The lowest BCUT2D eigenvalue weighted by Gasteiger charge is -2.39. The SMILES string of the molecule is C/C=C\c1cccc2c1CC1=C(C(F)=C(C)CC1)C2(C)C. The molecule has 3 rings (SSSR count). The molecule has 0 heterocycles. The quantitative estimate of drug-likeness (QED) is 0.602. The number of halogens is 1. The number of fused-ring (bicyclic) bond motifs is 1. The second-order valence-electron chi connectivity index (χ2n) is 6.75. The largest absolute Gasteiger partial charge is 0.207 e. The molecular weight excluding hydrogens is 259 g/mol. The summed E-state index contributed by atoms with van der Waals surface area (Å²) in [6.45, 7) is 8.31. The van der Waals surface area contributed by atoms with E-state index in [-0.39, 0.29) is 11.2 Å². The molecule has 0 atom stereocenters. The summed E-state index contributed by atoms with van der Waals surface area (Å²) >= 11 is 0. The fraction of sp³-hybridized carbons (Fsp3) is 0.400. The summed E-state index contributed by atoms with van der Waals surface area (Å²) in [6, 6.07) is 6.43. The van der Waals surface area contributed by atoms with Crippen molar-refractivity contribution in [2.45, 2.75) is 52.4 Å². The van der Waals surface area contributed by atoms with E-state index in [2.05, 4.69) is 44.2 Å². The van der Waals surface area contributed by atoms with Crippen LogP contribution in [0.3, 0.4) is 0 Å². The summed E-state index contributed by atoms with van der Waals surface area (Å²) in [7, 11) is 0. The highest BCUT2D eigenvalue weighted by atomic mass is 19.1. The molecule has 0 N–H and O–H groups in total. The van der Waals surface area contributed by atoms with Crippen molar-refractivity contribution in [3.63, 3.8) is 0 Å². The highest BCUT2D eigenvalue weighted by Gasteiger charge is 2.39. The van der Waals surface area contributed by atoms with Crippen LogP contribution in [0.4, 0.5) is 4.39 Å². The number of hydrogen-bond acceptors (Lipinski definition) is 0. The van der Waals surface area contributed by atoms with E-state index in [0.717, 1.165) is 30.4 Å². The van der Waals surface area contributed by atoms with Gasteiger partial charge in [-0.05, 0) is 60.9 Å². The molecule has 2 aliphatic carbocycles. The van der Waals surface area contributed by atoms with Crippen molar-refractivity contribution in [2.75, 3.05) is 0 Å². The highest BCUT2D eigenvalue weighted by molar-refractivity contribution is 5.64. The molecule has 0 saturated heterocycles. The van der Waals surface area contributed by atoms with Crippen LogP contribution in [0.2, 0.25) is 0 Å². The van der Waals surface area contributed by atoms with Crippen molar-refractivity contribution in [2.24, 2.45) is 0 Å². The van der Waals surface area contributed by atoms with Gasteiger partial charge >= 0.3 is 0 Å². The number of rotatable bonds is 1. The summed E-state index contributed by atoms with van der Waals surface area (Å²) < 4.78 is 14.8. The monoisotopic (exact) mass is 282 g/mol. The van der Waals surface area contributed by atoms with Crippen molar-refractivity contribution < 1.29 is 4.39 Å². The predicted molar refractivity (Wildman–Crippen MR) is 87.9 cm³/mol. The molecule has 1 aromatic rings. The Morgan fingerprint density at radius 1 is 1.19 bits per heavy atom. The van der Waals surface area contributed by atoms with Crippen LogP contribution < -0.4 is 0 Å². The van der Waals surface area contributed by atoms with Gasteiger partial charge < -0.3 is 0 Å². The molecule has 21 heavy (non-hydrogen) atoms. The summed E-state index contributed by atoms with van der Waals surface area (Å²) in [5, 5.41) is 0. The van der Waals surface area contributed by atoms with Crippen molar-refractivity contribution >= 4 is 6.08 Å². The van der Waals surface area contributed by atoms with E-state index in [0.29, 0.717) is 0 Å². The summed E-state index contributed by atoms with van der Waals surface area (Å²) in [6.07, 6.45) is 7.01. The van der Waals surface area contributed by atoms with Gasteiger partial charge in [0.25, 0.3) is 0 Å². The Morgan fingerprint density at radius 2 is 1.95 bits per heavy atom. The zero-order valence-electron chi connectivity index (χ0n) is 13.4. The molecule has 1 aromatic carbocycles. The maximum atomic E-state index is 14.8. The predicted octanol–water partition coefficient (Wildman–Crippen LogP) is 5.89. The average molecular weight is 282 g/mol. The number of hydrogen-bond donors (Lipinski definition) is 0. The third kappa shape index (κ3) is 2.10. The first-order valence-corrected chi connectivity index (χ1v) is 7.80. The molecule has 0 aliphatic heterocycles. The first-order chi connectivity index (χ1) is 9.96. The normalized spacial score (nSPS) is 20.8. The van der Waals surface area contributed by atoms with Crippen LogP contribution >= 0.6 is 0 Å². The molecule has 1 heteroatoms. The lowest BCUT2D eigenvalue weighted by Crippen LogP contribution is -2.30. The van der Waals surface area contributed by atoms with E-state index in [4.69, 9.17) is 0 Å². The summed E-state index contributed by atoms with van der Waals surface area (Å²) in [5.74, 6) is 0.0448. The Morgan fingerprint density at radius 3 is 2.67 bits per heavy atom. The van der Waals surface area contributed by atoms with E-state index in [1.807, 2.05) is 13.8 Å².